The third-order valence-corrected chi connectivity index (χ3v) is 4.98. The van der Waals surface area contributed by atoms with E-state index < -0.39 is 6.10 Å². The van der Waals surface area contributed by atoms with E-state index in [1.165, 1.54) is 7.11 Å². The van der Waals surface area contributed by atoms with Crippen molar-refractivity contribution in [2.75, 3.05) is 32.1 Å². The lowest BCUT2D eigenvalue weighted by Crippen LogP contribution is -2.46. The molecule has 1 amide bonds. The van der Waals surface area contributed by atoms with Gasteiger partial charge >= 0.3 is 5.97 Å². The lowest BCUT2D eigenvalue weighted by molar-refractivity contribution is -0.149. The Kier molecular flexibility index (Phi) is 6.79. The fourth-order valence-corrected chi connectivity index (χ4v) is 3.62. The number of nitrogens with zero attached hydrogens (tertiary/aromatic N) is 1. The Bertz CT molecular complexity index is 809. The van der Waals surface area contributed by atoms with E-state index in [0.29, 0.717) is 26.1 Å². The number of hydrogen-bond donors (Lipinski definition) is 2. The van der Waals surface area contributed by atoms with Gasteiger partial charge in [0.2, 0.25) is 5.91 Å². The van der Waals surface area contributed by atoms with Crippen molar-refractivity contribution in [1.82, 2.24) is 4.90 Å². The van der Waals surface area contributed by atoms with Gasteiger partial charge in [-0.15, -0.1) is 0 Å². The standard InChI is InChI=1S/C22H26N2O4/c1-28-22(27)17-13-18(25)15-24(14-17)12-11-21(26)23-20-10-6-5-9-19(20)16-7-3-2-4-8-16/h2-10,17-18,25H,11-15H2,1H3,(H,23,26). The van der Waals surface area contributed by atoms with Crippen molar-refractivity contribution in [2.45, 2.75) is 18.9 Å². The van der Waals surface area contributed by atoms with E-state index in [9.17, 15) is 14.7 Å². The molecule has 1 heterocycles. The quantitative estimate of drug-likeness (QED) is 0.751. The van der Waals surface area contributed by atoms with Crippen LogP contribution in [0, 0.1) is 5.92 Å². The van der Waals surface area contributed by atoms with Crippen LogP contribution in [-0.4, -0.2) is 54.7 Å². The number of methoxy groups -OCH3 is 1. The number of piperidine rings is 1. The first-order valence-electron chi connectivity index (χ1n) is 9.49. The van der Waals surface area contributed by atoms with Gasteiger partial charge in [-0.05, 0) is 18.1 Å². The molecule has 2 unspecified atom stereocenters. The highest BCUT2D eigenvalue weighted by atomic mass is 16.5. The third kappa shape index (κ3) is 5.18. The average molecular weight is 382 g/mol. The second-order valence-corrected chi connectivity index (χ2v) is 7.08. The van der Waals surface area contributed by atoms with Crippen molar-refractivity contribution in [3.05, 3.63) is 54.6 Å². The van der Waals surface area contributed by atoms with Gasteiger partial charge in [0.05, 0.1) is 19.1 Å². The Morgan fingerprint density at radius 2 is 1.82 bits per heavy atom. The largest absolute Gasteiger partial charge is 0.469 e. The van der Waals surface area contributed by atoms with E-state index in [0.717, 1.165) is 16.8 Å². The van der Waals surface area contributed by atoms with E-state index >= 15 is 0 Å². The van der Waals surface area contributed by atoms with Gasteiger partial charge in [0.1, 0.15) is 0 Å². The van der Waals surface area contributed by atoms with Crippen LogP contribution in [0.5, 0.6) is 0 Å². The summed E-state index contributed by atoms with van der Waals surface area (Å²) < 4.78 is 4.79. The summed E-state index contributed by atoms with van der Waals surface area (Å²) in [4.78, 5) is 26.2. The Morgan fingerprint density at radius 1 is 1.11 bits per heavy atom. The molecule has 2 aromatic carbocycles. The first-order chi connectivity index (χ1) is 13.6. The summed E-state index contributed by atoms with van der Waals surface area (Å²) in [6, 6.07) is 17.6. The molecule has 6 nitrogen and oxygen atoms in total. The Balaban J connectivity index is 1.59. The number of ether oxygens (including phenoxy) is 1. The Hall–Kier alpha value is -2.70. The molecule has 148 valence electrons. The number of aliphatic hydroxyl groups excluding tert-OH is 1. The molecule has 1 fully saturated rings. The van der Waals surface area contributed by atoms with Gasteiger partial charge in [-0.2, -0.15) is 0 Å². The number of esters is 1. The molecule has 0 spiro atoms. The minimum absolute atomic E-state index is 0.0990. The van der Waals surface area contributed by atoms with Gasteiger partial charge < -0.3 is 15.2 Å². The zero-order chi connectivity index (χ0) is 19.9. The first-order valence-corrected chi connectivity index (χ1v) is 9.49. The van der Waals surface area contributed by atoms with Gasteiger partial charge in [-0.25, -0.2) is 0 Å². The van der Waals surface area contributed by atoms with Crippen molar-refractivity contribution in [1.29, 1.82) is 0 Å². The molecular formula is C22H26N2O4. The van der Waals surface area contributed by atoms with Crippen LogP contribution in [-0.2, 0) is 14.3 Å². The summed E-state index contributed by atoms with van der Waals surface area (Å²) >= 11 is 0. The van der Waals surface area contributed by atoms with Gasteiger partial charge in [-0.3, -0.25) is 14.5 Å². The fourth-order valence-electron chi connectivity index (χ4n) is 3.62. The number of para-hydroxylation sites is 1. The van der Waals surface area contributed by atoms with Crippen LogP contribution in [0.4, 0.5) is 5.69 Å². The number of β-amino-alcohol motifs (C(OH)–C–C–N with tert-alkyl or cyclic N) is 1. The van der Waals surface area contributed by atoms with Crippen molar-refractivity contribution < 1.29 is 19.4 Å². The second-order valence-electron chi connectivity index (χ2n) is 7.08. The number of benzene rings is 2. The molecule has 28 heavy (non-hydrogen) atoms. The van der Waals surface area contributed by atoms with Gasteiger partial charge in [-0.1, -0.05) is 48.5 Å². The van der Waals surface area contributed by atoms with Crippen LogP contribution in [0.25, 0.3) is 11.1 Å². The lowest BCUT2D eigenvalue weighted by Gasteiger charge is -2.34. The Morgan fingerprint density at radius 3 is 2.57 bits per heavy atom. The molecule has 2 N–H and O–H groups in total. The van der Waals surface area contributed by atoms with Crippen molar-refractivity contribution in [3.63, 3.8) is 0 Å². The molecule has 2 atom stereocenters. The normalized spacial score (nSPS) is 19.8. The van der Waals surface area contributed by atoms with Crippen LogP contribution < -0.4 is 5.32 Å². The number of carbonyl (C=O) groups is 2. The number of rotatable bonds is 6. The maximum absolute atomic E-state index is 12.5. The molecule has 1 aliphatic heterocycles. The van der Waals surface area contributed by atoms with Gasteiger partial charge in [0.25, 0.3) is 0 Å². The van der Waals surface area contributed by atoms with Crippen molar-refractivity contribution in [3.8, 4) is 11.1 Å². The molecule has 0 bridgehead atoms. The predicted molar refractivity (Wildman–Crippen MR) is 108 cm³/mol. The highest BCUT2D eigenvalue weighted by molar-refractivity contribution is 5.95. The number of aliphatic hydroxyl groups is 1. The minimum atomic E-state index is -0.584. The van der Waals surface area contributed by atoms with E-state index in [-0.39, 0.29) is 24.2 Å². The molecular weight excluding hydrogens is 356 g/mol. The number of amides is 1. The number of anilines is 1. The van der Waals surface area contributed by atoms with Crippen LogP contribution in [0.1, 0.15) is 12.8 Å². The predicted octanol–water partition coefficient (Wildman–Crippen LogP) is 2.54. The smallest absolute Gasteiger partial charge is 0.310 e. The molecule has 0 aliphatic carbocycles. The van der Waals surface area contributed by atoms with Crippen LogP contribution >= 0.6 is 0 Å². The van der Waals surface area contributed by atoms with E-state index in [1.54, 1.807) is 0 Å². The molecule has 2 aromatic rings. The van der Waals surface area contributed by atoms with Gasteiger partial charge in [0.15, 0.2) is 0 Å². The molecule has 1 saturated heterocycles. The third-order valence-electron chi connectivity index (χ3n) is 4.98. The zero-order valence-corrected chi connectivity index (χ0v) is 16.0. The molecule has 6 heteroatoms. The topological polar surface area (TPSA) is 78.9 Å². The first kappa shape index (κ1) is 20.0. The summed E-state index contributed by atoms with van der Waals surface area (Å²) in [6.45, 7) is 1.43. The van der Waals surface area contributed by atoms with Crippen molar-refractivity contribution in [2.24, 2.45) is 5.92 Å². The van der Waals surface area contributed by atoms with E-state index in [4.69, 9.17) is 4.74 Å². The maximum atomic E-state index is 12.5. The lowest BCUT2D eigenvalue weighted by atomic mass is 9.96. The van der Waals surface area contributed by atoms with Crippen molar-refractivity contribution >= 4 is 17.6 Å². The molecule has 1 aliphatic rings. The number of carbonyl (C=O) groups excluding carboxylic acids is 2. The number of likely N-dealkylation sites (tertiary alicyclic amines) is 1. The monoisotopic (exact) mass is 382 g/mol. The molecule has 0 saturated carbocycles. The Labute approximate surface area is 165 Å². The van der Waals surface area contributed by atoms with Gasteiger partial charge in [0, 0.05) is 37.3 Å². The molecule has 3 rings (SSSR count). The summed E-state index contributed by atoms with van der Waals surface area (Å²) in [5.74, 6) is -0.765. The SMILES string of the molecule is COC(=O)C1CC(O)CN(CCC(=O)Nc2ccccc2-c2ccccc2)C1. The minimum Gasteiger partial charge on any atom is -0.469 e. The highest BCUT2D eigenvalue weighted by Crippen LogP contribution is 2.27. The summed E-state index contributed by atoms with van der Waals surface area (Å²) in [6.07, 6.45) is 0.100. The maximum Gasteiger partial charge on any atom is 0.310 e. The number of nitrogens with one attached hydrogen (secondary N) is 1. The van der Waals surface area contributed by atoms with E-state index in [1.807, 2.05) is 59.5 Å². The van der Waals surface area contributed by atoms with Crippen LogP contribution in [0.3, 0.4) is 0 Å². The summed E-state index contributed by atoms with van der Waals surface area (Å²) in [7, 11) is 1.35. The summed E-state index contributed by atoms with van der Waals surface area (Å²) in [5.41, 5.74) is 2.78. The molecule has 0 radical (unpaired) electrons. The summed E-state index contributed by atoms with van der Waals surface area (Å²) in [5, 5.41) is 13.0. The average Bonchev–Trinajstić information content (AvgIpc) is 2.72. The second kappa shape index (κ2) is 9.48. The molecule has 0 aromatic heterocycles. The van der Waals surface area contributed by atoms with E-state index in [2.05, 4.69) is 5.32 Å². The highest BCUT2D eigenvalue weighted by Gasteiger charge is 2.31. The van der Waals surface area contributed by atoms with Crippen LogP contribution in [0.2, 0.25) is 0 Å². The number of hydrogen-bond acceptors (Lipinski definition) is 5. The fraction of sp³-hybridized carbons (Fsp3) is 0.364. The van der Waals surface area contributed by atoms with Crippen LogP contribution in [0.15, 0.2) is 54.6 Å². The zero-order valence-electron chi connectivity index (χ0n) is 16.0.